The Balaban J connectivity index is 2.49. The Morgan fingerprint density at radius 3 is 2.15 bits per heavy atom. The molecular formula is C15H19N3O2. The molecule has 2 aromatic rings. The molecule has 0 radical (unpaired) electrons. The molecule has 0 atom stereocenters. The number of nitrogens with zero attached hydrogens (tertiary/aromatic N) is 3. The zero-order valence-corrected chi connectivity index (χ0v) is 12.2. The summed E-state index contributed by atoms with van der Waals surface area (Å²) in [5.41, 5.74) is 2.71. The van der Waals surface area contributed by atoms with Gasteiger partial charge in [0, 0.05) is 0 Å². The van der Waals surface area contributed by atoms with Crippen LogP contribution in [0.15, 0.2) is 24.3 Å². The van der Waals surface area contributed by atoms with Crippen LogP contribution in [0.4, 0.5) is 0 Å². The van der Waals surface area contributed by atoms with Gasteiger partial charge in [0.05, 0.1) is 11.4 Å². The minimum Gasteiger partial charge on any atom is -0.476 e. The van der Waals surface area contributed by atoms with Crippen LogP contribution in [0, 0.1) is 0 Å². The first kappa shape index (κ1) is 14.2. The van der Waals surface area contributed by atoms with E-state index >= 15 is 0 Å². The summed E-state index contributed by atoms with van der Waals surface area (Å²) in [6, 6.07) is 7.96. The summed E-state index contributed by atoms with van der Waals surface area (Å²) in [5, 5.41) is 16.9. The van der Waals surface area contributed by atoms with Gasteiger partial charge < -0.3 is 5.11 Å². The predicted octanol–water partition coefficient (Wildman–Crippen LogP) is 3.21. The van der Waals surface area contributed by atoms with E-state index in [-0.39, 0.29) is 11.6 Å². The molecule has 0 spiro atoms. The van der Waals surface area contributed by atoms with Gasteiger partial charge in [0.25, 0.3) is 0 Å². The van der Waals surface area contributed by atoms with Crippen molar-refractivity contribution in [3.05, 3.63) is 41.2 Å². The Morgan fingerprint density at radius 2 is 1.70 bits per heavy atom. The van der Waals surface area contributed by atoms with Gasteiger partial charge in [0.1, 0.15) is 0 Å². The van der Waals surface area contributed by atoms with Gasteiger partial charge in [0.2, 0.25) is 0 Å². The van der Waals surface area contributed by atoms with Crippen LogP contribution in [0.2, 0.25) is 0 Å². The average Bonchev–Trinajstić information content (AvgIpc) is 2.83. The van der Waals surface area contributed by atoms with E-state index in [4.69, 9.17) is 0 Å². The highest BCUT2D eigenvalue weighted by Gasteiger charge is 2.22. The molecule has 0 aliphatic heterocycles. The number of carbonyl (C=O) groups is 1. The molecule has 0 saturated heterocycles. The third-order valence-corrected chi connectivity index (χ3v) is 3.26. The largest absolute Gasteiger partial charge is 0.476 e. The summed E-state index contributed by atoms with van der Waals surface area (Å²) in [4.78, 5) is 11.2. The summed E-state index contributed by atoms with van der Waals surface area (Å²) in [6.45, 7) is 8.13. The topological polar surface area (TPSA) is 68.0 Å². The Kier molecular flexibility index (Phi) is 3.88. The first-order valence-corrected chi connectivity index (χ1v) is 6.71. The van der Waals surface area contributed by atoms with Crippen LogP contribution in [0.3, 0.4) is 0 Å². The molecule has 0 bridgehead atoms. The normalized spacial score (nSPS) is 11.3. The zero-order chi connectivity index (χ0) is 14.9. The maximum atomic E-state index is 11.2. The molecule has 1 aromatic heterocycles. The molecule has 0 unspecified atom stereocenters. The van der Waals surface area contributed by atoms with E-state index in [0.29, 0.717) is 11.6 Å². The van der Waals surface area contributed by atoms with E-state index < -0.39 is 5.97 Å². The number of aromatic carboxylic acids is 1. The van der Waals surface area contributed by atoms with E-state index in [9.17, 15) is 9.90 Å². The molecular weight excluding hydrogens is 254 g/mol. The summed E-state index contributed by atoms with van der Waals surface area (Å²) >= 11 is 0. The minimum atomic E-state index is -1.04. The molecule has 2 rings (SSSR count). The summed E-state index contributed by atoms with van der Waals surface area (Å²) in [7, 11) is 0. The minimum absolute atomic E-state index is 0.0212. The van der Waals surface area contributed by atoms with Crippen LogP contribution in [-0.4, -0.2) is 26.1 Å². The molecule has 1 aromatic carbocycles. The van der Waals surface area contributed by atoms with Crippen LogP contribution in [0.25, 0.3) is 5.69 Å². The third-order valence-electron chi connectivity index (χ3n) is 3.26. The van der Waals surface area contributed by atoms with Crippen LogP contribution >= 0.6 is 0 Å². The lowest BCUT2D eigenvalue weighted by atomic mass is 10.0. The van der Waals surface area contributed by atoms with Gasteiger partial charge in [-0.05, 0) is 29.5 Å². The standard InChI is InChI=1S/C15H19N3O2/c1-9(2)11-5-7-12(8-6-11)18-14(10(3)4)13(15(19)20)16-17-18/h5-10H,1-4H3,(H,19,20). The Morgan fingerprint density at radius 1 is 1.10 bits per heavy atom. The molecule has 1 N–H and O–H groups in total. The first-order chi connectivity index (χ1) is 9.41. The number of carboxylic acid groups (broad SMARTS) is 1. The molecule has 0 aliphatic rings. The predicted molar refractivity (Wildman–Crippen MR) is 76.5 cm³/mol. The molecule has 5 nitrogen and oxygen atoms in total. The zero-order valence-electron chi connectivity index (χ0n) is 12.2. The highest BCUT2D eigenvalue weighted by molar-refractivity contribution is 5.86. The van der Waals surface area contributed by atoms with Gasteiger partial charge in [-0.15, -0.1) is 5.10 Å². The Bertz CT molecular complexity index is 613. The van der Waals surface area contributed by atoms with Crippen molar-refractivity contribution in [2.75, 3.05) is 0 Å². The molecule has 0 fully saturated rings. The second-order valence-electron chi connectivity index (χ2n) is 5.44. The Labute approximate surface area is 118 Å². The van der Waals surface area contributed by atoms with Gasteiger partial charge in [-0.2, -0.15) is 0 Å². The molecule has 106 valence electrons. The van der Waals surface area contributed by atoms with Crippen LogP contribution in [0.5, 0.6) is 0 Å². The fourth-order valence-electron chi connectivity index (χ4n) is 2.15. The summed E-state index contributed by atoms with van der Waals surface area (Å²) in [5.74, 6) is -0.557. The molecule has 0 saturated carbocycles. The lowest BCUT2D eigenvalue weighted by Crippen LogP contribution is -2.08. The molecule has 1 heterocycles. The average molecular weight is 273 g/mol. The number of hydrogen-bond donors (Lipinski definition) is 1. The number of carboxylic acids is 1. The third kappa shape index (κ3) is 2.57. The fraction of sp³-hybridized carbons (Fsp3) is 0.400. The van der Waals surface area contributed by atoms with Crippen LogP contribution < -0.4 is 0 Å². The molecule has 5 heteroatoms. The summed E-state index contributed by atoms with van der Waals surface area (Å²) < 4.78 is 1.61. The number of benzene rings is 1. The van der Waals surface area contributed by atoms with E-state index in [1.54, 1.807) is 4.68 Å². The quantitative estimate of drug-likeness (QED) is 0.928. The second kappa shape index (κ2) is 5.45. The van der Waals surface area contributed by atoms with E-state index in [0.717, 1.165) is 5.69 Å². The Hall–Kier alpha value is -2.17. The van der Waals surface area contributed by atoms with E-state index in [2.05, 4.69) is 24.2 Å². The fourth-order valence-corrected chi connectivity index (χ4v) is 2.15. The molecule has 0 amide bonds. The van der Waals surface area contributed by atoms with Gasteiger partial charge in [-0.25, -0.2) is 9.48 Å². The van der Waals surface area contributed by atoms with Crippen LogP contribution in [0.1, 0.15) is 61.3 Å². The highest BCUT2D eigenvalue weighted by Crippen LogP contribution is 2.23. The van der Waals surface area contributed by atoms with Gasteiger partial charge in [-0.1, -0.05) is 45.0 Å². The number of rotatable bonds is 4. The van der Waals surface area contributed by atoms with Crippen molar-refractivity contribution in [2.24, 2.45) is 0 Å². The van der Waals surface area contributed by atoms with Crippen molar-refractivity contribution >= 4 is 5.97 Å². The summed E-state index contributed by atoms with van der Waals surface area (Å²) in [6.07, 6.45) is 0. The van der Waals surface area contributed by atoms with Crippen molar-refractivity contribution in [1.82, 2.24) is 15.0 Å². The van der Waals surface area contributed by atoms with Crippen molar-refractivity contribution in [1.29, 1.82) is 0 Å². The lowest BCUT2D eigenvalue weighted by Gasteiger charge is -2.11. The number of aromatic nitrogens is 3. The van der Waals surface area contributed by atoms with E-state index in [1.165, 1.54) is 5.56 Å². The molecule has 0 aliphatic carbocycles. The lowest BCUT2D eigenvalue weighted by molar-refractivity contribution is 0.0688. The smallest absolute Gasteiger partial charge is 0.358 e. The van der Waals surface area contributed by atoms with Crippen molar-refractivity contribution in [3.8, 4) is 5.69 Å². The second-order valence-corrected chi connectivity index (χ2v) is 5.44. The SMILES string of the molecule is CC(C)c1ccc(-n2nnc(C(=O)O)c2C(C)C)cc1. The van der Waals surface area contributed by atoms with Crippen molar-refractivity contribution in [2.45, 2.75) is 39.5 Å². The van der Waals surface area contributed by atoms with Crippen LogP contribution in [-0.2, 0) is 0 Å². The van der Waals surface area contributed by atoms with Gasteiger partial charge >= 0.3 is 5.97 Å². The highest BCUT2D eigenvalue weighted by atomic mass is 16.4. The van der Waals surface area contributed by atoms with Gasteiger partial charge in [-0.3, -0.25) is 0 Å². The first-order valence-electron chi connectivity index (χ1n) is 6.71. The monoisotopic (exact) mass is 273 g/mol. The van der Waals surface area contributed by atoms with Crippen molar-refractivity contribution in [3.63, 3.8) is 0 Å². The molecule has 20 heavy (non-hydrogen) atoms. The van der Waals surface area contributed by atoms with E-state index in [1.807, 2.05) is 38.1 Å². The van der Waals surface area contributed by atoms with Gasteiger partial charge in [0.15, 0.2) is 5.69 Å². The number of hydrogen-bond acceptors (Lipinski definition) is 3. The van der Waals surface area contributed by atoms with Crippen molar-refractivity contribution < 1.29 is 9.90 Å². The maximum absolute atomic E-state index is 11.2. The maximum Gasteiger partial charge on any atom is 0.358 e.